The molecule has 0 spiro atoms. The van der Waals surface area contributed by atoms with Gasteiger partial charge in [-0.15, -0.1) is 0 Å². The van der Waals surface area contributed by atoms with Crippen LogP contribution in [0.4, 0.5) is 15.0 Å². The molecule has 0 saturated heterocycles. The molecule has 1 amide bonds. The maximum absolute atomic E-state index is 14.9. The highest BCUT2D eigenvalue weighted by molar-refractivity contribution is 5.88. The number of carbonyl (C=O) groups is 1. The molecule has 1 atom stereocenters. The molecule has 1 aliphatic heterocycles. The standard InChI is InChI=1S/C26H26FN5O5/c1-15-6-7-19(12-29-15)36-23-18(11-28)8-17(9-20(23)27)14-35-21-10-22-31(24(33)30-21)13-16(2)32(22)25(34)37-26(3,4)5/h6-10,12,16H,13-14H2,1-5H3/t16-/m1/s1. The molecule has 0 radical (unpaired) electrons. The number of hydrogen-bond donors (Lipinski definition) is 0. The highest BCUT2D eigenvalue weighted by Crippen LogP contribution is 2.31. The summed E-state index contributed by atoms with van der Waals surface area (Å²) in [4.78, 5) is 34.8. The van der Waals surface area contributed by atoms with Crippen molar-refractivity contribution in [2.75, 3.05) is 4.90 Å². The first-order valence-corrected chi connectivity index (χ1v) is 11.5. The third-order valence-electron chi connectivity index (χ3n) is 5.41. The average Bonchev–Trinajstić information content (AvgIpc) is 3.15. The van der Waals surface area contributed by atoms with Crippen LogP contribution in [-0.4, -0.2) is 32.3 Å². The average molecular weight is 508 g/mol. The molecule has 192 valence electrons. The summed E-state index contributed by atoms with van der Waals surface area (Å²) in [6.07, 6.45) is 0.842. The van der Waals surface area contributed by atoms with Crippen LogP contribution >= 0.6 is 0 Å². The third-order valence-corrected chi connectivity index (χ3v) is 5.41. The molecule has 0 N–H and O–H groups in total. The predicted molar refractivity (Wildman–Crippen MR) is 131 cm³/mol. The Bertz CT molecular complexity index is 1440. The van der Waals surface area contributed by atoms with E-state index in [1.807, 2.05) is 6.07 Å². The maximum Gasteiger partial charge on any atom is 0.416 e. The number of rotatable bonds is 5. The van der Waals surface area contributed by atoms with Gasteiger partial charge >= 0.3 is 11.8 Å². The first kappa shape index (κ1) is 25.6. The molecule has 0 aliphatic carbocycles. The van der Waals surface area contributed by atoms with E-state index >= 15 is 0 Å². The van der Waals surface area contributed by atoms with E-state index < -0.39 is 23.2 Å². The molecule has 0 bridgehead atoms. The third kappa shape index (κ3) is 5.69. The van der Waals surface area contributed by atoms with E-state index in [1.165, 1.54) is 33.9 Å². The highest BCUT2D eigenvalue weighted by atomic mass is 19.1. The fraction of sp³-hybridized carbons (Fsp3) is 0.346. The lowest BCUT2D eigenvalue weighted by Gasteiger charge is -2.26. The van der Waals surface area contributed by atoms with Gasteiger partial charge in [0, 0.05) is 18.3 Å². The molecule has 0 unspecified atom stereocenters. The summed E-state index contributed by atoms with van der Waals surface area (Å²) < 4.78 is 32.9. The zero-order valence-electron chi connectivity index (χ0n) is 21.1. The van der Waals surface area contributed by atoms with E-state index in [9.17, 15) is 19.2 Å². The Morgan fingerprint density at radius 3 is 2.68 bits per heavy atom. The van der Waals surface area contributed by atoms with Crippen molar-refractivity contribution in [2.24, 2.45) is 0 Å². The van der Waals surface area contributed by atoms with Crippen molar-refractivity contribution >= 4 is 11.9 Å². The van der Waals surface area contributed by atoms with Crippen LogP contribution in [0.25, 0.3) is 0 Å². The second-order valence-electron chi connectivity index (χ2n) is 9.64. The number of aromatic nitrogens is 3. The number of fused-ring (bicyclic) bond motifs is 1. The largest absolute Gasteiger partial charge is 0.473 e. The van der Waals surface area contributed by atoms with Gasteiger partial charge in [-0.25, -0.2) is 14.0 Å². The van der Waals surface area contributed by atoms with Gasteiger partial charge in [-0.05, 0) is 64.4 Å². The first-order chi connectivity index (χ1) is 17.4. The van der Waals surface area contributed by atoms with Gasteiger partial charge < -0.3 is 14.2 Å². The molecule has 0 fully saturated rings. The van der Waals surface area contributed by atoms with Crippen molar-refractivity contribution in [3.8, 4) is 23.4 Å². The number of aryl methyl sites for hydroxylation is 1. The predicted octanol–water partition coefficient (Wildman–Crippen LogP) is 4.47. The summed E-state index contributed by atoms with van der Waals surface area (Å²) in [5.41, 5.74) is -0.256. The van der Waals surface area contributed by atoms with E-state index in [-0.39, 0.29) is 48.0 Å². The quantitative estimate of drug-likeness (QED) is 0.496. The SMILES string of the molecule is Cc1ccc(Oc2c(F)cc(COc3cc4n(c(=O)n3)C[C@@H](C)N4C(=O)OC(C)(C)C)cc2C#N)cn1. The Labute approximate surface area is 212 Å². The van der Waals surface area contributed by atoms with E-state index in [0.717, 1.165) is 5.69 Å². The van der Waals surface area contributed by atoms with Crippen LogP contribution in [0.2, 0.25) is 0 Å². The molecule has 1 aromatic carbocycles. The van der Waals surface area contributed by atoms with E-state index in [2.05, 4.69) is 9.97 Å². The molecule has 10 nitrogen and oxygen atoms in total. The number of ether oxygens (including phenoxy) is 3. The normalized spacial score (nSPS) is 14.6. The number of amides is 1. The lowest BCUT2D eigenvalue weighted by molar-refractivity contribution is 0.0572. The van der Waals surface area contributed by atoms with Gasteiger partial charge in [0.15, 0.2) is 11.6 Å². The Morgan fingerprint density at radius 2 is 2.03 bits per heavy atom. The number of hydrogen-bond acceptors (Lipinski definition) is 8. The van der Waals surface area contributed by atoms with Gasteiger partial charge in [0.25, 0.3) is 0 Å². The van der Waals surface area contributed by atoms with Crippen molar-refractivity contribution in [1.82, 2.24) is 14.5 Å². The van der Waals surface area contributed by atoms with Crippen molar-refractivity contribution in [2.45, 2.75) is 59.4 Å². The zero-order chi connectivity index (χ0) is 26.9. The summed E-state index contributed by atoms with van der Waals surface area (Å²) in [5.74, 6) is -0.463. The lowest BCUT2D eigenvalue weighted by Crippen LogP contribution is -2.40. The highest BCUT2D eigenvalue weighted by Gasteiger charge is 2.35. The zero-order valence-corrected chi connectivity index (χ0v) is 21.1. The van der Waals surface area contributed by atoms with E-state index in [1.54, 1.807) is 46.8 Å². The van der Waals surface area contributed by atoms with Crippen molar-refractivity contribution in [3.05, 3.63) is 69.7 Å². The van der Waals surface area contributed by atoms with Crippen LogP contribution in [-0.2, 0) is 17.9 Å². The maximum atomic E-state index is 14.9. The molecule has 2 aromatic heterocycles. The van der Waals surface area contributed by atoms with Gasteiger partial charge in [0.1, 0.15) is 29.8 Å². The minimum Gasteiger partial charge on any atom is -0.473 e. The summed E-state index contributed by atoms with van der Waals surface area (Å²) in [6, 6.07) is 8.98. The minimum absolute atomic E-state index is 0.0360. The van der Waals surface area contributed by atoms with Gasteiger partial charge in [-0.3, -0.25) is 14.5 Å². The number of halogens is 1. The summed E-state index contributed by atoms with van der Waals surface area (Å²) in [5, 5.41) is 9.54. The Kier molecular flexibility index (Phi) is 6.85. The van der Waals surface area contributed by atoms with E-state index in [4.69, 9.17) is 14.2 Å². The van der Waals surface area contributed by atoms with Crippen LogP contribution in [0, 0.1) is 24.1 Å². The number of pyridine rings is 1. The molecule has 1 aliphatic rings. The van der Waals surface area contributed by atoms with Crippen LogP contribution in [0.1, 0.15) is 44.5 Å². The van der Waals surface area contributed by atoms with Gasteiger partial charge in [0.05, 0.1) is 17.8 Å². The van der Waals surface area contributed by atoms with E-state index in [0.29, 0.717) is 5.56 Å². The number of anilines is 1. The second-order valence-corrected chi connectivity index (χ2v) is 9.64. The van der Waals surface area contributed by atoms with Gasteiger partial charge in [-0.1, -0.05) is 0 Å². The number of carbonyl (C=O) groups excluding carboxylic acids is 1. The number of nitriles is 1. The van der Waals surface area contributed by atoms with Crippen LogP contribution in [0.5, 0.6) is 17.4 Å². The fourth-order valence-corrected chi connectivity index (χ4v) is 3.78. The smallest absolute Gasteiger partial charge is 0.416 e. The molecule has 4 rings (SSSR count). The number of nitrogens with zero attached hydrogens (tertiary/aromatic N) is 5. The van der Waals surface area contributed by atoms with Crippen LogP contribution in [0.15, 0.2) is 41.3 Å². The summed E-state index contributed by atoms with van der Waals surface area (Å²) in [6.45, 7) is 8.93. The first-order valence-electron chi connectivity index (χ1n) is 11.5. The van der Waals surface area contributed by atoms with Crippen molar-refractivity contribution in [1.29, 1.82) is 5.26 Å². The summed E-state index contributed by atoms with van der Waals surface area (Å²) in [7, 11) is 0. The van der Waals surface area contributed by atoms with Crippen molar-refractivity contribution in [3.63, 3.8) is 0 Å². The second kappa shape index (κ2) is 9.89. The molecule has 3 aromatic rings. The topological polar surface area (TPSA) is 120 Å². The van der Waals surface area contributed by atoms with Crippen molar-refractivity contribution < 1.29 is 23.4 Å². The molecule has 3 heterocycles. The monoisotopic (exact) mass is 507 g/mol. The lowest BCUT2D eigenvalue weighted by atomic mass is 10.1. The molecular formula is C26H26FN5O5. The van der Waals surface area contributed by atoms with Gasteiger partial charge in [0.2, 0.25) is 5.88 Å². The fourth-order valence-electron chi connectivity index (χ4n) is 3.78. The minimum atomic E-state index is -0.759. The molecule has 0 saturated carbocycles. The van der Waals surface area contributed by atoms with Crippen LogP contribution in [0.3, 0.4) is 0 Å². The summed E-state index contributed by atoms with van der Waals surface area (Å²) >= 11 is 0. The molecular weight excluding hydrogens is 481 g/mol. The van der Waals surface area contributed by atoms with Crippen LogP contribution < -0.4 is 20.1 Å². The van der Waals surface area contributed by atoms with Gasteiger partial charge in [-0.2, -0.15) is 10.2 Å². The Balaban J connectivity index is 1.55. The molecule has 37 heavy (non-hydrogen) atoms. The Morgan fingerprint density at radius 1 is 1.27 bits per heavy atom. The number of benzene rings is 1. The molecule has 11 heteroatoms. The Hall–Kier alpha value is -4.46.